The number of rotatable bonds is 5. The summed E-state index contributed by atoms with van der Waals surface area (Å²) >= 11 is 6.88. The fraction of sp³-hybridized carbons (Fsp3) is 0.190. The Hall–Kier alpha value is -2.91. The molecule has 1 amide bonds. The Morgan fingerprint density at radius 3 is 2.39 bits per heavy atom. The third kappa shape index (κ3) is 5.05. The van der Waals surface area contributed by atoms with Gasteiger partial charge >= 0.3 is 12.1 Å². The lowest BCUT2D eigenvalue weighted by molar-refractivity contribution is -0.138. The molecule has 0 aliphatic heterocycles. The molecule has 162 valence electrons. The SMILES string of the molecule is Cc1cc(NC(=O)c2ccc(Cl)cc2C(F)(F)F)c(C(=N)C2=CCC(C(=O)O)=CC2)s1. The molecular formula is C21H16ClF3N2O3S. The van der Waals surface area contributed by atoms with Gasteiger partial charge in [0.15, 0.2) is 0 Å². The number of carboxylic acids is 1. The number of aryl methyl sites for hydroxylation is 1. The van der Waals surface area contributed by atoms with Crippen molar-refractivity contribution in [1.82, 2.24) is 0 Å². The average molecular weight is 469 g/mol. The Kier molecular flexibility index (Phi) is 6.38. The largest absolute Gasteiger partial charge is 0.478 e. The number of hydrogen-bond acceptors (Lipinski definition) is 4. The molecule has 0 saturated carbocycles. The summed E-state index contributed by atoms with van der Waals surface area (Å²) in [6.45, 7) is 1.75. The number of nitrogens with one attached hydrogen (secondary N) is 2. The Morgan fingerprint density at radius 2 is 1.81 bits per heavy atom. The molecule has 31 heavy (non-hydrogen) atoms. The fourth-order valence-corrected chi connectivity index (χ4v) is 4.21. The number of carboxylic acid groups (broad SMARTS) is 1. The molecule has 1 aliphatic carbocycles. The van der Waals surface area contributed by atoms with Gasteiger partial charge in [-0.1, -0.05) is 23.8 Å². The molecular weight excluding hydrogens is 453 g/mol. The van der Waals surface area contributed by atoms with Gasteiger partial charge in [0.1, 0.15) is 0 Å². The van der Waals surface area contributed by atoms with Crippen LogP contribution in [0.5, 0.6) is 0 Å². The molecule has 0 unspecified atom stereocenters. The van der Waals surface area contributed by atoms with Crippen LogP contribution in [-0.4, -0.2) is 22.7 Å². The van der Waals surface area contributed by atoms with Crippen molar-refractivity contribution >= 4 is 46.2 Å². The maximum Gasteiger partial charge on any atom is 0.417 e. The smallest absolute Gasteiger partial charge is 0.417 e. The van der Waals surface area contributed by atoms with Crippen LogP contribution in [0.1, 0.15) is 38.5 Å². The second kappa shape index (κ2) is 8.68. The number of hydrogen-bond donors (Lipinski definition) is 3. The van der Waals surface area contributed by atoms with Gasteiger partial charge in [-0.15, -0.1) is 11.3 Å². The molecule has 0 bridgehead atoms. The summed E-state index contributed by atoms with van der Waals surface area (Å²) in [5.74, 6) is -1.99. The lowest BCUT2D eigenvalue weighted by Gasteiger charge is -2.15. The van der Waals surface area contributed by atoms with Crippen LogP contribution in [0.4, 0.5) is 18.9 Å². The van der Waals surface area contributed by atoms with Gasteiger partial charge in [0.25, 0.3) is 5.91 Å². The summed E-state index contributed by atoms with van der Waals surface area (Å²) in [7, 11) is 0. The summed E-state index contributed by atoms with van der Waals surface area (Å²) in [5.41, 5.74) is -0.623. The Morgan fingerprint density at radius 1 is 1.16 bits per heavy atom. The van der Waals surface area contributed by atoms with E-state index in [1.54, 1.807) is 19.1 Å². The molecule has 3 N–H and O–H groups in total. The number of alkyl halides is 3. The van der Waals surface area contributed by atoms with E-state index in [2.05, 4.69) is 5.32 Å². The van der Waals surface area contributed by atoms with E-state index in [9.17, 15) is 22.8 Å². The third-order valence-electron chi connectivity index (χ3n) is 4.59. The Balaban J connectivity index is 1.88. The van der Waals surface area contributed by atoms with E-state index in [4.69, 9.17) is 22.1 Å². The predicted octanol–water partition coefficient (Wildman–Crippen LogP) is 6.08. The maximum atomic E-state index is 13.3. The van der Waals surface area contributed by atoms with Crippen molar-refractivity contribution < 1.29 is 27.9 Å². The summed E-state index contributed by atoms with van der Waals surface area (Å²) in [6, 6.07) is 4.48. The molecule has 0 atom stereocenters. The highest BCUT2D eigenvalue weighted by atomic mass is 35.5. The number of carbonyl (C=O) groups is 2. The average Bonchev–Trinajstić information content (AvgIpc) is 3.06. The molecule has 0 fully saturated rings. The number of aliphatic carboxylic acids is 1. The number of benzene rings is 1. The van der Waals surface area contributed by atoms with Gasteiger partial charge in [-0.2, -0.15) is 13.2 Å². The van der Waals surface area contributed by atoms with Gasteiger partial charge in [-0.05, 0) is 49.6 Å². The number of thiophene rings is 1. The molecule has 10 heteroatoms. The normalized spacial score (nSPS) is 14.0. The minimum absolute atomic E-state index is 0.0845. The summed E-state index contributed by atoms with van der Waals surface area (Å²) < 4.78 is 40.0. The minimum atomic E-state index is -4.77. The molecule has 1 aromatic carbocycles. The fourth-order valence-electron chi connectivity index (χ4n) is 3.09. The van der Waals surface area contributed by atoms with Crippen molar-refractivity contribution in [3.63, 3.8) is 0 Å². The van der Waals surface area contributed by atoms with Gasteiger partial charge in [0, 0.05) is 15.5 Å². The topological polar surface area (TPSA) is 90.3 Å². The van der Waals surface area contributed by atoms with Gasteiger partial charge in [-0.3, -0.25) is 10.2 Å². The van der Waals surface area contributed by atoms with Crippen LogP contribution >= 0.6 is 22.9 Å². The zero-order valence-electron chi connectivity index (χ0n) is 16.1. The quantitative estimate of drug-likeness (QED) is 0.464. The second-order valence-corrected chi connectivity index (χ2v) is 8.48. The molecule has 2 aromatic rings. The molecule has 0 radical (unpaired) electrons. The van der Waals surface area contributed by atoms with Crippen LogP contribution < -0.4 is 5.32 Å². The van der Waals surface area contributed by atoms with Gasteiger partial charge in [-0.25, -0.2) is 4.79 Å². The minimum Gasteiger partial charge on any atom is -0.478 e. The first kappa shape index (κ1) is 22.8. The van der Waals surface area contributed by atoms with Crippen LogP contribution in [-0.2, 0) is 11.0 Å². The molecule has 1 heterocycles. The predicted molar refractivity (Wildman–Crippen MR) is 113 cm³/mol. The molecule has 0 saturated heterocycles. The van der Waals surface area contributed by atoms with E-state index in [-0.39, 0.29) is 34.8 Å². The van der Waals surface area contributed by atoms with Crippen LogP contribution in [0.3, 0.4) is 0 Å². The van der Waals surface area contributed by atoms with Crippen LogP contribution in [0.25, 0.3) is 0 Å². The monoisotopic (exact) mass is 468 g/mol. The molecule has 3 rings (SSSR count). The number of anilines is 1. The number of allylic oxidation sites excluding steroid dienone is 3. The zero-order valence-corrected chi connectivity index (χ0v) is 17.6. The highest BCUT2D eigenvalue weighted by molar-refractivity contribution is 7.14. The van der Waals surface area contributed by atoms with Crippen molar-refractivity contribution in [2.75, 3.05) is 5.32 Å². The summed E-state index contributed by atoms with van der Waals surface area (Å²) in [4.78, 5) is 24.8. The summed E-state index contributed by atoms with van der Waals surface area (Å²) in [6.07, 6.45) is -1.21. The van der Waals surface area contributed by atoms with Crippen LogP contribution in [0, 0.1) is 12.3 Å². The van der Waals surface area contributed by atoms with E-state index in [1.807, 2.05) is 0 Å². The first-order valence-corrected chi connectivity index (χ1v) is 10.2. The summed E-state index contributed by atoms with van der Waals surface area (Å²) in [5, 5.41) is 19.9. The Bertz CT molecular complexity index is 1150. The van der Waals surface area contributed by atoms with Crippen molar-refractivity contribution in [2.45, 2.75) is 25.9 Å². The lowest BCUT2D eigenvalue weighted by Crippen LogP contribution is -2.19. The Labute approximate surface area is 184 Å². The highest BCUT2D eigenvalue weighted by Crippen LogP contribution is 2.36. The van der Waals surface area contributed by atoms with Crippen molar-refractivity contribution in [1.29, 1.82) is 5.41 Å². The number of amides is 1. The van der Waals surface area contributed by atoms with E-state index in [0.29, 0.717) is 16.5 Å². The van der Waals surface area contributed by atoms with Gasteiger partial charge in [0.2, 0.25) is 0 Å². The van der Waals surface area contributed by atoms with Crippen LogP contribution in [0.15, 0.2) is 47.6 Å². The van der Waals surface area contributed by atoms with E-state index in [0.717, 1.165) is 10.9 Å². The maximum absolute atomic E-state index is 13.3. The highest BCUT2D eigenvalue weighted by Gasteiger charge is 2.35. The van der Waals surface area contributed by atoms with Crippen molar-refractivity contribution in [3.8, 4) is 0 Å². The van der Waals surface area contributed by atoms with Crippen molar-refractivity contribution in [2.24, 2.45) is 0 Å². The van der Waals surface area contributed by atoms with Crippen LogP contribution in [0.2, 0.25) is 5.02 Å². The number of halogens is 4. The van der Waals surface area contributed by atoms with Gasteiger partial charge < -0.3 is 10.4 Å². The molecule has 5 nitrogen and oxygen atoms in total. The van der Waals surface area contributed by atoms with E-state index < -0.39 is 29.2 Å². The molecule has 1 aliphatic rings. The second-order valence-electron chi connectivity index (χ2n) is 6.79. The van der Waals surface area contributed by atoms with E-state index in [1.165, 1.54) is 23.5 Å². The third-order valence-corrected chi connectivity index (χ3v) is 5.90. The number of carbonyl (C=O) groups excluding carboxylic acids is 1. The lowest BCUT2D eigenvalue weighted by atomic mass is 9.95. The standard InChI is InChI=1S/C21H16ClF3N2O3S/c1-10-8-16(18(31-10)17(26)11-2-4-12(5-3-11)20(29)30)27-19(28)14-7-6-13(22)9-15(14)21(23,24)25/h2,5-9,26H,3-4H2,1H3,(H,27,28)(H,29,30). The molecule has 1 aromatic heterocycles. The van der Waals surface area contributed by atoms with Gasteiger partial charge in [0.05, 0.1) is 27.4 Å². The first-order chi connectivity index (χ1) is 14.5. The van der Waals surface area contributed by atoms with E-state index >= 15 is 0 Å². The zero-order chi connectivity index (χ0) is 22.9. The molecule has 0 spiro atoms. The first-order valence-electron chi connectivity index (χ1n) is 8.96. The van der Waals surface area contributed by atoms with Crippen molar-refractivity contribution in [3.05, 3.63) is 73.5 Å².